The Morgan fingerprint density at radius 2 is 0.659 bits per heavy atom. The number of hydrogen-bond donors (Lipinski definition) is 0. The van der Waals surface area contributed by atoms with Gasteiger partial charge in [0.15, 0.2) is 0 Å². The molecule has 0 saturated heterocycles. The van der Waals surface area contributed by atoms with Crippen LogP contribution in [-0.4, -0.2) is 55.0 Å². The first kappa shape index (κ1) is 42.3. The molecule has 4 nitrogen and oxygen atoms in total. The molecule has 0 aliphatic heterocycles. The zero-order valence-corrected chi connectivity index (χ0v) is 33.5. The molecule has 0 aliphatic rings. The minimum Gasteiger partial charge on any atom is -0.345 e. The summed E-state index contributed by atoms with van der Waals surface area (Å²) in [6.07, 6.45) is 22.0. The topological polar surface area (TPSA) is 36.9 Å². The van der Waals surface area contributed by atoms with Crippen LogP contribution in [0, 0.1) is 0 Å². The van der Waals surface area contributed by atoms with E-state index in [0.717, 1.165) is 52.1 Å². The average molecular weight is 671 g/mol. The van der Waals surface area contributed by atoms with Crippen LogP contribution in [0.2, 0.25) is 12.1 Å². The van der Waals surface area contributed by atoms with Gasteiger partial charge < -0.3 is 18.9 Å². The van der Waals surface area contributed by atoms with Crippen molar-refractivity contribution in [3.8, 4) is 0 Å². The number of ether oxygens (including phenoxy) is 4. The van der Waals surface area contributed by atoms with E-state index in [4.69, 9.17) is 18.9 Å². The standard InChI is InChI=1S/C32H70O4S3Si2/c1-7-13-19-25-33-31(34-26-20-14-8-2,40-29-23-17-11-5)37-39-38-32(35-27-21-15-9-3,36-28-22-16-10-4)41-30-24-18-12-6/h7-30,40-41H2,1-6H3. The zero-order valence-electron chi connectivity index (χ0n) is 28.2. The third kappa shape index (κ3) is 24.3. The van der Waals surface area contributed by atoms with E-state index in [1.54, 1.807) is 0 Å². The van der Waals surface area contributed by atoms with Gasteiger partial charge in [0, 0.05) is 0 Å². The van der Waals surface area contributed by atoms with Crippen LogP contribution >= 0.6 is 31.4 Å². The van der Waals surface area contributed by atoms with Gasteiger partial charge in [-0.05, 0) is 57.1 Å². The summed E-state index contributed by atoms with van der Waals surface area (Å²) in [4.78, 5) is 0. The largest absolute Gasteiger partial charge is 0.345 e. The highest BCUT2D eigenvalue weighted by molar-refractivity contribution is 9.10. The Labute approximate surface area is 273 Å². The molecular weight excluding hydrogens is 601 g/mol. The van der Waals surface area contributed by atoms with Crippen molar-refractivity contribution in [2.24, 2.45) is 0 Å². The Morgan fingerprint density at radius 3 is 0.927 bits per heavy atom. The molecule has 0 bridgehead atoms. The monoisotopic (exact) mass is 670 g/mol. The summed E-state index contributed by atoms with van der Waals surface area (Å²) in [5, 5.41) is 0. The Bertz CT molecular complexity index is 429. The molecule has 0 unspecified atom stereocenters. The van der Waals surface area contributed by atoms with Crippen molar-refractivity contribution in [3.63, 3.8) is 0 Å². The molecule has 0 aromatic heterocycles. The van der Waals surface area contributed by atoms with E-state index in [1.807, 2.05) is 31.4 Å². The quantitative estimate of drug-likeness (QED) is 0.0292. The zero-order chi connectivity index (χ0) is 30.3. The minimum atomic E-state index is -0.589. The van der Waals surface area contributed by atoms with Crippen LogP contribution in [0.25, 0.3) is 0 Å². The molecule has 0 aromatic carbocycles. The highest BCUT2D eigenvalue weighted by Crippen LogP contribution is 2.51. The summed E-state index contributed by atoms with van der Waals surface area (Å²) in [7, 11) is 4.40. The van der Waals surface area contributed by atoms with Gasteiger partial charge >= 0.3 is 0 Å². The van der Waals surface area contributed by atoms with Gasteiger partial charge in [-0.2, -0.15) is 0 Å². The van der Waals surface area contributed by atoms with Crippen molar-refractivity contribution in [2.45, 2.75) is 179 Å². The molecule has 0 radical (unpaired) electrons. The molecule has 0 saturated carbocycles. The second-order valence-corrected chi connectivity index (χ2v) is 21.1. The lowest BCUT2D eigenvalue weighted by Crippen LogP contribution is -2.40. The van der Waals surface area contributed by atoms with E-state index in [2.05, 4.69) is 41.5 Å². The molecule has 0 aromatic rings. The summed E-state index contributed by atoms with van der Waals surface area (Å²) in [6, 6.07) is 2.57. The van der Waals surface area contributed by atoms with Gasteiger partial charge in [-0.15, -0.1) is 0 Å². The first-order chi connectivity index (χ1) is 20.1. The molecule has 0 atom stereocenters. The molecule has 0 amide bonds. The third-order valence-electron chi connectivity index (χ3n) is 7.27. The van der Waals surface area contributed by atoms with Crippen molar-refractivity contribution in [2.75, 3.05) is 26.4 Å². The van der Waals surface area contributed by atoms with Crippen molar-refractivity contribution in [1.29, 1.82) is 0 Å². The highest BCUT2D eigenvalue weighted by Gasteiger charge is 2.38. The van der Waals surface area contributed by atoms with Crippen molar-refractivity contribution in [1.82, 2.24) is 0 Å². The lowest BCUT2D eigenvalue weighted by Gasteiger charge is -2.36. The highest BCUT2D eigenvalue weighted by atomic mass is 33.5. The molecule has 0 fully saturated rings. The number of unbranched alkanes of at least 4 members (excludes halogenated alkanes) is 12. The molecular formula is C32H70O4S3Si2. The SMILES string of the molecule is CCCCCOC(OCCCCC)([SiH2]CCCCC)SSSC(OCCCCC)(OCCCCC)[SiH2]CCCCC. The predicted molar refractivity (Wildman–Crippen MR) is 196 cm³/mol. The van der Waals surface area contributed by atoms with Crippen LogP contribution in [-0.2, 0) is 18.9 Å². The van der Waals surface area contributed by atoms with Gasteiger partial charge in [0.2, 0.25) is 9.48 Å². The predicted octanol–water partition coefficient (Wildman–Crippen LogP) is 10.6. The van der Waals surface area contributed by atoms with Crippen LogP contribution in [0.4, 0.5) is 0 Å². The van der Waals surface area contributed by atoms with Gasteiger partial charge in [-0.25, -0.2) is 0 Å². The Morgan fingerprint density at radius 1 is 0.390 bits per heavy atom. The second-order valence-electron chi connectivity index (χ2n) is 11.4. The Balaban J connectivity index is 5.70. The van der Waals surface area contributed by atoms with E-state index in [1.165, 1.54) is 102 Å². The molecule has 0 aliphatic carbocycles. The molecule has 0 spiro atoms. The third-order valence-corrected chi connectivity index (χ3v) is 18.6. The maximum Gasteiger partial charge on any atom is 0.200 e. The molecule has 41 heavy (non-hydrogen) atoms. The molecule has 248 valence electrons. The lowest BCUT2D eigenvalue weighted by atomic mass is 10.3. The van der Waals surface area contributed by atoms with E-state index >= 15 is 0 Å². The van der Waals surface area contributed by atoms with Gasteiger partial charge in [0.05, 0.1) is 26.4 Å². The van der Waals surface area contributed by atoms with Crippen molar-refractivity contribution >= 4 is 50.5 Å². The van der Waals surface area contributed by atoms with E-state index < -0.39 is 28.5 Å². The van der Waals surface area contributed by atoms with Crippen molar-refractivity contribution in [3.05, 3.63) is 0 Å². The molecule has 9 heteroatoms. The fourth-order valence-corrected chi connectivity index (χ4v) is 17.6. The summed E-state index contributed by atoms with van der Waals surface area (Å²) in [5.74, 6) is 0. The lowest BCUT2D eigenvalue weighted by molar-refractivity contribution is -0.118. The van der Waals surface area contributed by atoms with Gasteiger partial charge in [0.1, 0.15) is 19.0 Å². The van der Waals surface area contributed by atoms with Crippen molar-refractivity contribution < 1.29 is 18.9 Å². The average Bonchev–Trinajstić information content (AvgIpc) is 2.98. The maximum absolute atomic E-state index is 6.74. The molecule has 0 N–H and O–H groups in total. The fourth-order valence-electron chi connectivity index (χ4n) is 4.53. The minimum absolute atomic E-state index is 0.452. The summed E-state index contributed by atoms with van der Waals surface area (Å²) < 4.78 is 26.1. The van der Waals surface area contributed by atoms with E-state index in [9.17, 15) is 0 Å². The summed E-state index contributed by atoms with van der Waals surface area (Å²) in [5.41, 5.74) is 0. The second kappa shape index (κ2) is 31.3. The van der Waals surface area contributed by atoms with Crippen LogP contribution in [0.15, 0.2) is 0 Å². The summed E-state index contributed by atoms with van der Waals surface area (Å²) in [6.45, 7) is 16.9. The van der Waals surface area contributed by atoms with Crippen LogP contribution < -0.4 is 0 Å². The maximum atomic E-state index is 6.74. The first-order valence-electron chi connectivity index (χ1n) is 17.7. The van der Waals surface area contributed by atoms with Crippen LogP contribution in [0.5, 0.6) is 0 Å². The van der Waals surface area contributed by atoms with Gasteiger partial charge in [0.25, 0.3) is 0 Å². The Hall–Kier alpha value is 1.32. The van der Waals surface area contributed by atoms with Gasteiger partial charge in [-0.3, -0.25) is 0 Å². The molecule has 0 rings (SSSR count). The van der Waals surface area contributed by atoms with Crippen LogP contribution in [0.3, 0.4) is 0 Å². The fraction of sp³-hybridized carbons (Fsp3) is 1.00. The summed E-state index contributed by atoms with van der Waals surface area (Å²) >= 11 is 0. The van der Waals surface area contributed by atoms with E-state index in [0.29, 0.717) is 0 Å². The number of hydrogen-bond acceptors (Lipinski definition) is 7. The molecule has 0 heterocycles. The smallest absolute Gasteiger partial charge is 0.200 e. The van der Waals surface area contributed by atoms with Crippen LogP contribution in [0.1, 0.15) is 157 Å². The Kier molecular flexibility index (Phi) is 32.3. The van der Waals surface area contributed by atoms with Gasteiger partial charge in [-0.1, -0.05) is 144 Å². The van der Waals surface area contributed by atoms with E-state index in [-0.39, 0.29) is 0 Å². The first-order valence-corrected chi connectivity index (χ1v) is 24.6. The number of rotatable bonds is 34. The normalized spacial score (nSPS) is 13.0.